The first-order valence-corrected chi connectivity index (χ1v) is 9.52. The summed E-state index contributed by atoms with van der Waals surface area (Å²) in [7, 11) is 0. The van der Waals surface area contributed by atoms with E-state index in [4.69, 9.17) is 0 Å². The number of ether oxygens (including phenoxy) is 1. The average Bonchev–Trinajstić information content (AvgIpc) is 3.39. The van der Waals surface area contributed by atoms with Crippen molar-refractivity contribution in [1.29, 1.82) is 0 Å². The molecule has 1 unspecified atom stereocenters. The van der Waals surface area contributed by atoms with Crippen LogP contribution in [0.4, 0.5) is 18.9 Å². The molecular formula is C18H19F3N4O2S. The van der Waals surface area contributed by atoms with Crippen LogP contribution in [0.25, 0.3) is 0 Å². The Morgan fingerprint density at radius 1 is 1.39 bits per heavy atom. The molecule has 10 heteroatoms. The van der Waals surface area contributed by atoms with Crippen LogP contribution >= 0.6 is 11.8 Å². The predicted octanol–water partition coefficient (Wildman–Crippen LogP) is 4.36. The first-order chi connectivity index (χ1) is 13.3. The second kappa shape index (κ2) is 8.26. The van der Waals surface area contributed by atoms with Gasteiger partial charge in [0.25, 0.3) is 0 Å². The SMILES string of the molecule is C=CCn1c(SC(C)C(=O)Nc2ccc(OC(F)(F)F)cc2)nnc1C1CC1. The van der Waals surface area contributed by atoms with E-state index in [0.717, 1.165) is 30.8 Å². The molecule has 0 bridgehead atoms. The van der Waals surface area contributed by atoms with E-state index in [1.54, 1.807) is 13.0 Å². The lowest BCUT2D eigenvalue weighted by Gasteiger charge is -2.13. The van der Waals surface area contributed by atoms with Gasteiger partial charge in [-0.2, -0.15) is 0 Å². The summed E-state index contributed by atoms with van der Waals surface area (Å²) >= 11 is 1.27. The van der Waals surface area contributed by atoms with Crippen LogP contribution in [0.5, 0.6) is 5.75 Å². The summed E-state index contributed by atoms with van der Waals surface area (Å²) in [5.74, 6) is 0.687. The molecule has 1 amide bonds. The Bertz CT molecular complexity index is 848. The van der Waals surface area contributed by atoms with Crippen LogP contribution in [0, 0.1) is 0 Å². The predicted molar refractivity (Wildman–Crippen MR) is 99.3 cm³/mol. The molecular weight excluding hydrogens is 393 g/mol. The maximum Gasteiger partial charge on any atom is 0.573 e. The summed E-state index contributed by atoms with van der Waals surface area (Å²) in [6.45, 7) is 6.04. The number of carbonyl (C=O) groups is 1. The van der Waals surface area contributed by atoms with Gasteiger partial charge in [0.1, 0.15) is 11.6 Å². The summed E-state index contributed by atoms with van der Waals surface area (Å²) in [6.07, 6.45) is -0.820. The fourth-order valence-electron chi connectivity index (χ4n) is 2.53. The zero-order chi connectivity index (χ0) is 20.3. The summed E-state index contributed by atoms with van der Waals surface area (Å²) in [4.78, 5) is 12.4. The average molecular weight is 412 g/mol. The molecule has 0 radical (unpaired) electrons. The number of allylic oxidation sites excluding steroid dienone is 1. The number of hydrogen-bond acceptors (Lipinski definition) is 5. The Morgan fingerprint density at radius 3 is 2.64 bits per heavy atom. The molecule has 2 aromatic rings. The minimum atomic E-state index is -4.75. The second-order valence-electron chi connectivity index (χ2n) is 6.34. The van der Waals surface area contributed by atoms with Crippen LogP contribution < -0.4 is 10.1 Å². The smallest absolute Gasteiger partial charge is 0.406 e. The highest BCUT2D eigenvalue weighted by Crippen LogP contribution is 2.40. The third-order valence-electron chi connectivity index (χ3n) is 4.01. The van der Waals surface area contributed by atoms with Gasteiger partial charge in [0.15, 0.2) is 5.16 Å². The Kier molecular flexibility index (Phi) is 5.97. The minimum absolute atomic E-state index is 0.296. The highest BCUT2D eigenvalue weighted by atomic mass is 32.2. The Morgan fingerprint density at radius 2 is 2.07 bits per heavy atom. The molecule has 1 N–H and O–H groups in total. The van der Waals surface area contributed by atoms with Gasteiger partial charge in [0.2, 0.25) is 5.91 Å². The van der Waals surface area contributed by atoms with Gasteiger partial charge in [-0.15, -0.1) is 29.9 Å². The van der Waals surface area contributed by atoms with E-state index in [9.17, 15) is 18.0 Å². The van der Waals surface area contributed by atoms with Crippen LogP contribution in [0.15, 0.2) is 42.1 Å². The molecule has 150 valence electrons. The van der Waals surface area contributed by atoms with E-state index in [1.807, 2.05) is 4.57 Å². The van der Waals surface area contributed by atoms with E-state index in [0.29, 0.717) is 23.3 Å². The molecule has 1 aliphatic rings. The lowest BCUT2D eigenvalue weighted by atomic mass is 10.3. The number of thioether (sulfide) groups is 1. The number of nitrogens with zero attached hydrogens (tertiary/aromatic N) is 3. The van der Waals surface area contributed by atoms with Crippen molar-refractivity contribution < 1.29 is 22.7 Å². The number of alkyl halides is 3. The van der Waals surface area contributed by atoms with Crippen LogP contribution in [0.3, 0.4) is 0 Å². The topological polar surface area (TPSA) is 69.0 Å². The fourth-order valence-corrected chi connectivity index (χ4v) is 3.39. The largest absolute Gasteiger partial charge is 0.573 e. The van der Waals surface area contributed by atoms with Gasteiger partial charge >= 0.3 is 6.36 Å². The third-order valence-corrected chi connectivity index (χ3v) is 5.09. The number of nitrogens with one attached hydrogen (secondary N) is 1. The normalized spacial score (nSPS) is 15.1. The first-order valence-electron chi connectivity index (χ1n) is 8.64. The zero-order valence-electron chi connectivity index (χ0n) is 15.1. The van der Waals surface area contributed by atoms with Crippen molar-refractivity contribution >= 4 is 23.4 Å². The standard InChI is InChI=1S/C18H19F3N4O2S/c1-3-10-25-15(12-4-5-12)23-24-17(25)28-11(2)16(26)22-13-6-8-14(9-7-13)27-18(19,20)21/h3,6-9,11-12H,1,4-5,10H2,2H3,(H,22,26). The molecule has 0 saturated heterocycles. The summed E-state index contributed by atoms with van der Waals surface area (Å²) < 4.78 is 42.4. The van der Waals surface area contributed by atoms with Crippen LogP contribution in [0.2, 0.25) is 0 Å². The molecule has 1 heterocycles. The van der Waals surface area contributed by atoms with Gasteiger partial charge < -0.3 is 14.6 Å². The zero-order valence-corrected chi connectivity index (χ0v) is 15.9. The first kappa shape index (κ1) is 20.2. The lowest BCUT2D eigenvalue weighted by Crippen LogP contribution is -2.23. The number of anilines is 1. The highest BCUT2D eigenvalue weighted by Gasteiger charge is 2.32. The molecule has 1 fully saturated rings. The van der Waals surface area contributed by atoms with E-state index < -0.39 is 11.6 Å². The molecule has 0 aliphatic heterocycles. The number of rotatable bonds is 8. The number of halogens is 3. The van der Waals surface area contributed by atoms with Crippen LogP contribution in [-0.4, -0.2) is 32.3 Å². The summed E-state index contributed by atoms with van der Waals surface area (Å²) in [6, 6.07) is 4.98. The number of carbonyl (C=O) groups excluding carboxylic acids is 1. The Balaban J connectivity index is 1.61. The van der Waals surface area contributed by atoms with Gasteiger partial charge in [0, 0.05) is 18.2 Å². The van der Waals surface area contributed by atoms with Gasteiger partial charge in [-0.3, -0.25) is 4.79 Å². The maximum absolute atomic E-state index is 12.4. The Labute approximate surface area is 164 Å². The van der Waals surface area contributed by atoms with Crippen LogP contribution in [0.1, 0.15) is 31.5 Å². The fraction of sp³-hybridized carbons (Fsp3) is 0.389. The van der Waals surface area contributed by atoms with Crippen molar-refractivity contribution in [3.63, 3.8) is 0 Å². The number of amides is 1. The van der Waals surface area contributed by atoms with E-state index in [1.165, 1.54) is 23.9 Å². The Hall–Kier alpha value is -2.49. The van der Waals surface area contributed by atoms with E-state index >= 15 is 0 Å². The van der Waals surface area contributed by atoms with Crippen molar-refractivity contribution in [2.24, 2.45) is 0 Å². The number of benzene rings is 1. The summed E-state index contributed by atoms with van der Waals surface area (Å²) in [5.41, 5.74) is 0.373. The lowest BCUT2D eigenvalue weighted by molar-refractivity contribution is -0.274. The van der Waals surface area contributed by atoms with Crippen molar-refractivity contribution in [1.82, 2.24) is 14.8 Å². The van der Waals surface area contributed by atoms with Crippen molar-refractivity contribution in [2.75, 3.05) is 5.32 Å². The minimum Gasteiger partial charge on any atom is -0.406 e. The van der Waals surface area contributed by atoms with Gasteiger partial charge in [0.05, 0.1) is 5.25 Å². The molecule has 1 atom stereocenters. The highest BCUT2D eigenvalue weighted by molar-refractivity contribution is 8.00. The molecule has 1 aromatic heterocycles. The summed E-state index contributed by atoms with van der Waals surface area (Å²) in [5, 5.41) is 11.3. The van der Waals surface area contributed by atoms with E-state index in [2.05, 4.69) is 26.8 Å². The third kappa shape index (κ3) is 5.28. The molecule has 1 aliphatic carbocycles. The monoisotopic (exact) mass is 412 g/mol. The maximum atomic E-state index is 12.4. The quantitative estimate of drug-likeness (QED) is 0.515. The molecule has 1 aromatic carbocycles. The van der Waals surface area contributed by atoms with Gasteiger partial charge in [-0.25, -0.2) is 0 Å². The van der Waals surface area contributed by atoms with Gasteiger partial charge in [-0.05, 0) is 44.0 Å². The molecule has 3 rings (SSSR count). The van der Waals surface area contributed by atoms with Crippen LogP contribution in [-0.2, 0) is 11.3 Å². The van der Waals surface area contributed by atoms with Crippen molar-refractivity contribution in [3.8, 4) is 5.75 Å². The number of hydrogen-bond donors (Lipinski definition) is 1. The van der Waals surface area contributed by atoms with Crippen molar-refractivity contribution in [2.45, 2.75) is 49.0 Å². The molecule has 0 spiro atoms. The van der Waals surface area contributed by atoms with Crippen molar-refractivity contribution in [3.05, 3.63) is 42.7 Å². The molecule has 1 saturated carbocycles. The van der Waals surface area contributed by atoms with Gasteiger partial charge in [-0.1, -0.05) is 17.8 Å². The second-order valence-corrected chi connectivity index (χ2v) is 7.64. The molecule has 6 nitrogen and oxygen atoms in total. The molecule has 28 heavy (non-hydrogen) atoms. The van der Waals surface area contributed by atoms with E-state index in [-0.39, 0.29) is 11.7 Å². The number of aromatic nitrogens is 3.